The Morgan fingerprint density at radius 3 is 1.62 bits per heavy atom. The molecule has 2 aromatic rings. The fraction of sp³-hybridized carbons (Fsp3) is 0.238. The molecule has 0 radical (unpaired) electrons. The molecule has 0 aliphatic heterocycles. The zero-order chi connectivity index (χ0) is 18.8. The highest BCUT2D eigenvalue weighted by Crippen LogP contribution is 2.23. The molecule has 1 N–H and O–H groups in total. The lowest BCUT2D eigenvalue weighted by Gasteiger charge is -2.29. The smallest absolute Gasteiger partial charge is 0.119 e. The van der Waals surface area contributed by atoms with Crippen LogP contribution in [-0.4, -0.2) is 31.5 Å². The molecule has 0 unspecified atom stereocenters. The number of nitrogens with zero attached hydrogens (tertiary/aromatic N) is 1. The Bertz CT molecular complexity index is 667. The summed E-state index contributed by atoms with van der Waals surface area (Å²) in [6.45, 7) is 7.22. The van der Waals surface area contributed by atoms with Crippen LogP contribution < -0.4 is 9.47 Å². The maximum atomic E-state index is 10.9. The Kier molecular flexibility index (Phi) is 7.12. The molecule has 0 spiro atoms. The van der Waals surface area contributed by atoms with Crippen molar-refractivity contribution in [2.24, 2.45) is 10.6 Å². The van der Waals surface area contributed by atoms with Crippen molar-refractivity contribution in [3.8, 4) is 11.5 Å². The van der Waals surface area contributed by atoms with Gasteiger partial charge in [0, 0.05) is 0 Å². The molecule has 2 aromatic carbocycles. The molecule has 0 atom stereocenters. The lowest BCUT2D eigenvalue weighted by Crippen LogP contribution is -2.41. The van der Waals surface area contributed by atoms with E-state index in [-0.39, 0.29) is 26.4 Å². The van der Waals surface area contributed by atoms with Crippen molar-refractivity contribution in [3.05, 3.63) is 77.7 Å². The van der Waals surface area contributed by atoms with Gasteiger partial charge < -0.3 is 14.6 Å². The first-order valence-electron chi connectivity index (χ1n) is 8.25. The Morgan fingerprint density at radius 2 is 1.31 bits per heavy atom. The highest BCUT2D eigenvalue weighted by atomic mass is 16.5. The van der Waals surface area contributed by atoms with Crippen molar-refractivity contribution in [2.75, 3.05) is 26.4 Å². The topological polar surface area (TPSA) is 68.1 Å². The fourth-order valence-corrected chi connectivity index (χ4v) is 2.28. The van der Waals surface area contributed by atoms with Crippen molar-refractivity contribution in [3.63, 3.8) is 0 Å². The van der Waals surface area contributed by atoms with E-state index in [1.165, 1.54) is 0 Å². The van der Waals surface area contributed by atoms with E-state index < -0.39 is 5.41 Å². The summed E-state index contributed by atoms with van der Waals surface area (Å²) in [6.07, 6.45) is 3.48. The van der Waals surface area contributed by atoms with E-state index in [2.05, 4.69) is 18.3 Å². The zero-order valence-corrected chi connectivity index (χ0v) is 14.6. The first kappa shape index (κ1) is 19.4. The molecule has 136 valence electrons. The molecular formula is C21H23NO4. The molecule has 0 bridgehead atoms. The predicted octanol–water partition coefficient (Wildman–Crippen LogP) is 4.18. The number of nitroso groups, excluding NO2 is 1. The van der Waals surface area contributed by atoms with E-state index in [0.717, 1.165) is 11.1 Å². The first-order valence-corrected chi connectivity index (χ1v) is 8.25. The van der Waals surface area contributed by atoms with Gasteiger partial charge in [0.05, 0.1) is 18.6 Å². The fourth-order valence-electron chi connectivity index (χ4n) is 2.28. The molecule has 0 saturated carbocycles. The lowest BCUT2D eigenvalue weighted by molar-refractivity contribution is 0.0301. The standard InChI is InChI=1S/C21H23NO4/c1-3-17-5-9-19(10-6-17)25-15-21(14-23,13-22-24)16-26-20-11-7-18(4-2)8-12-20/h3-12,23H,1-2,13-16H2. The monoisotopic (exact) mass is 353 g/mol. The van der Waals surface area contributed by atoms with Gasteiger partial charge in [-0.3, -0.25) is 0 Å². The minimum atomic E-state index is -0.921. The van der Waals surface area contributed by atoms with Crippen LogP contribution in [0.3, 0.4) is 0 Å². The normalized spacial score (nSPS) is 10.8. The van der Waals surface area contributed by atoms with Crippen LogP contribution in [0.1, 0.15) is 11.1 Å². The van der Waals surface area contributed by atoms with Gasteiger partial charge in [-0.1, -0.05) is 54.8 Å². The molecule has 26 heavy (non-hydrogen) atoms. The Balaban J connectivity index is 2.03. The van der Waals surface area contributed by atoms with E-state index in [1.54, 1.807) is 12.2 Å². The molecule has 5 heteroatoms. The first-order chi connectivity index (χ1) is 12.6. The average Bonchev–Trinajstić information content (AvgIpc) is 2.71. The van der Waals surface area contributed by atoms with E-state index >= 15 is 0 Å². The van der Waals surface area contributed by atoms with Gasteiger partial charge in [-0.2, -0.15) is 4.91 Å². The van der Waals surface area contributed by atoms with Gasteiger partial charge in [0.15, 0.2) is 0 Å². The highest BCUT2D eigenvalue weighted by Gasteiger charge is 2.33. The van der Waals surface area contributed by atoms with Gasteiger partial charge in [-0.25, -0.2) is 0 Å². The van der Waals surface area contributed by atoms with Crippen LogP contribution in [0.4, 0.5) is 0 Å². The van der Waals surface area contributed by atoms with Crippen LogP contribution in [0.15, 0.2) is 66.9 Å². The molecule has 2 rings (SSSR count). The van der Waals surface area contributed by atoms with Gasteiger partial charge in [0.1, 0.15) is 24.7 Å². The SMILES string of the molecule is C=Cc1ccc(OCC(CO)(CN=O)COc2ccc(C=C)cc2)cc1. The van der Waals surface area contributed by atoms with Gasteiger partial charge in [-0.05, 0) is 35.4 Å². The Labute approximate surface area is 153 Å². The van der Waals surface area contributed by atoms with Crippen molar-refractivity contribution in [1.29, 1.82) is 0 Å². The second kappa shape index (κ2) is 9.53. The number of benzene rings is 2. The van der Waals surface area contributed by atoms with Gasteiger partial charge in [0.25, 0.3) is 0 Å². The van der Waals surface area contributed by atoms with Crippen molar-refractivity contribution in [1.82, 2.24) is 0 Å². The van der Waals surface area contributed by atoms with E-state index in [0.29, 0.717) is 11.5 Å². The summed E-state index contributed by atoms with van der Waals surface area (Å²) in [7, 11) is 0. The summed E-state index contributed by atoms with van der Waals surface area (Å²) < 4.78 is 11.5. The molecule has 0 aromatic heterocycles. The minimum absolute atomic E-state index is 0.105. The van der Waals surface area contributed by atoms with Crippen LogP contribution in [0.25, 0.3) is 12.2 Å². The summed E-state index contributed by atoms with van der Waals surface area (Å²) in [5, 5.41) is 12.8. The van der Waals surface area contributed by atoms with Crippen LogP contribution in [-0.2, 0) is 0 Å². The van der Waals surface area contributed by atoms with Crippen molar-refractivity contribution >= 4 is 12.2 Å². The van der Waals surface area contributed by atoms with Crippen LogP contribution in [0.5, 0.6) is 11.5 Å². The summed E-state index contributed by atoms with van der Waals surface area (Å²) in [5.74, 6) is 1.27. The van der Waals surface area contributed by atoms with Crippen molar-refractivity contribution < 1.29 is 14.6 Å². The number of hydrogen-bond donors (Lipinski definition) is 1. The third-order valence-corrected chi connectivity index (χ3v) is 4.06. The number of aliphatic hydroxyl groups is 1. The third kappa shape index (κ3) is 5.29. The molecule has 5 nitrogen and oxygen atoms in total. The van der Waals surface area contributed by atoms with Gasteiger partial charge >= 0.3 is 0 Å². The number of hydrogen-bond acceptors (Lipinski definition) is 5. The number of ether oxygens (including phenoxy) is 2. The molecule has 0 aliphatic carbocycles. The quantitative estimate of drug-likeness (QED) is 0.616. The van der Waals surface area contributed by atoms with Crippen LogP contribution >= 0.6 is 0 Å². The summed E-state index contributed by atoms with van der Waals surface area (Å²) in [4.78, 5) is 10.9. The molecule has 0 aliphatic rings. The Hall–Kier alpha value is -2.92. The summed E-state index contributed by atoms with van der Waals surface area (Å²) in [5.41, 5.74) is 1.04. The highest BCUT2D eigenvalue weighted by molar-refractivity contribution is 5.48. The lowest BCUT2D eigenvalue weighted by atomic mass is 9.91. The third-order valence-electron chi connectivity index (χ3n) is 4.06. The maximum absolute atomic E-state index is 10.9. The summed E-state index contributed by atoms with van der Waals surface area (Å²) >= 11 is 0. The molecule has 0 fully saturated rings. The maximum Gasteiger partial charge on any atom is 0.119 e. The van der Waals surface area contributed by atoms with E-state index in [1.807, 2.05) is 48.5 Å². The Morgan fingerprint density at radius 1 is 0.885 bits per heavy atom. The minimum Gasteiger partial charge on any atom is -0.493 e. The second-order valence-corrected chi connectivity index (χ2v) is 6.07. The zero-order valence-electron chi connectivity index (χ0n) is 14.6. The largest absolute Gasteiger partial charge is 0.493 e. The summed E-state index contributed by atoms with van der Waals surface area (Å²) in [6, 6.07) is 14.7. The van der Waals surface area contributed by atoms with Crippen molar-refractivity contribution in [2.45, 2.75) is 0 Å². The van der Waals surface area contributed by atoms with E-state index in [9.17, 15) is 10.0 Å². The van der Waals surface area contributed by atoms with E-state index in [4.69, 9.17) is 9.47 Å². The number of rotatable bonds is 11. The second-order valence-electron chi connectivity index (χ2n) is 6.07. The van der Waals surface area contributed by atoms with Gasteiger partial charge in [-0.15, -0.1) is 0 Å². The molecule has 0 amide bonds. The van der Waals surface area contributed by atoms with Crippen LogP contribution in [0.2, 0.25) is 0 Å². The van der Waals surface area contributed by atoms with Gasteiger partial charge in [0.2, 0.25) is 0 Å². The molecule has 0 saturated heterocycles. The number of aliphatic hydroxyl groups excluding tert-OH is 1. The predicted molar refractivity (Wildman–Crippen MR) is 104 cm³/mol. The average molecular weight is 353 g/mol. The van der Waals surface area contributed by atoms with Crippen LogP contribution in [0, 0.1) is 10.3 Å². The molecular weight excluding hydrogens is 330 g/mol. The molecule has 0 heterocycles.